The van der Waals surface area contributed by atoms with Crippen LogP contribution in [0.1, 0.15) is 32.0 Å². The van der Waals surface area contributed by atoms with Gasteiger partial charge in [-0.25, -0.2) is 0 Å². The summed E-state index contributed by atoms with van der Waals surface area (Å²) in [4.78, 5) is 0. The van der Waals surface area contributed by atoms with Crippen LogP contribution in [0.2, 0.25) is 0 Å². The van der Waals surface area contributed by atoms with E-state index in [9.17, 15) is 0 Å². The van der Waals surface area contributed by atoms with Gasteiger partial charge in [0.15, 0.2) is 0 Å². The number of rotatable bonds is 0. The largest absolute Gasteiger partial charge is 0.310 e. The summed E-state index contributed by atoms with van der Waals surface area (Å²) in [5.74, 6) is 0. The second kappa shape index (κ2) is 4.95. The van der Waals surface area contributed by atoms with Crippen molar-refractivity contribution in [3.63, 3.8) is 0 Å². The molecule has 3 nitrogen and oxygen atoms in total. The van der Waals surface area contributed by atoms with E-state index in [0.717, 1.165) is 16.7 Å². The smallest absolute Gasteiger partial charge is 0.127 e. The third-order valence-electron chi connectivity index (χ3n) is 2.04. The van der Waals surface area contributed by atoms with Gasteiger partial charge < -0.3 is 5.32 Å². The lowest BCUT2D eigenvalue weighted by Gasteiger charge is -2.19. The Bertz CT molecular complexity index is 270. The third-order valence-corrected chi connectivity index (χ3v) is 2.93. The maximum absolute atomic E-state index is 4.15. The summed E-state index contributed by atoms with van der Waals surface area (Å²) in [6, 6.07) is 0.582. The second-order valence-corrected chi connectivity index (χ2v) is 3.98. The van der Waals surface area contributed by atoms with Crippen LogP contribution in [0.3, 0.4) is 0 Å². The van der Waals surface area contributed by atoms with Crippen LogP contribution in [0.5, 0.6) is 0 Å². The summed E-state index contributed by atoms with van der Waals surface area (Å²) >= 11 is 2.26. The highest BCUT2D eigenvalue weighted by Gasteiger charge is 2.18. The van der Waals surface area contributed by atoms with Gasteiger partial charge >= 0.3 is 0 Å². The molecule has 2 heterocycles. The quantitative estimate of drug-likeness (QED) is 0.719. The number of nitrogens with zero attached hydrogens (tertiary/aromatic N) is 1. The zero-order valence-corrected chi connectivity index (χ0v) is 10.5. The maximum atomic E-state index is 4.15. The molecule has 1 aromatic rings. The Morgan fingerprint density at radius 1 is 1.46 bits per heavy atom. The summed E-state index contributed by atoms with van der Waals surface area (Å²) in [5, 5.41) is 10.6. The first-order valence-electron chi connectivity index (χ1n) is 4.72. The van der Waals surface area contributed by atoms with Crippen molar-refractivity contribution in [2.75, 3.05) is 0 Å². The van der Waals surface area contributed by atoms with Crippen molar-refractivity contribution in [3.8, 4) is 0 Å². The Balaban J connectivity index is 0.000000396. The fourth-order valence-electron chi connectivity index (χ4n) is 1.38. The van der Waals surface area contributed by atoms with E-state index in [-0.39, 0.29) is 0 Å². The van der Waals surface area contributed by atoms with Gasteiger partial charge in [0, 0.05) is 30.3 Å². The Kier molecular flexibility index (Phi) is 4.18. The van der Waals surface area contributed by atoms with Crippen molar-refractivity contribution in [3.05, 3.63) is 15.0 Å². The number of halogens is 1. The molecule has 0 amide bonds. The monoisotopic (exact) mass is 293 g/mol. The average molecular weight is 293 g/mol. The summed E-state index contributed by atoms with van der Waals surface area (Å²) in [5.41, 5.74) is 2.66. The molecule has 0 aromatic carbocycles. The van der Waals surface area contributed by atoms with E-state index in [0.29, 0.717) is 6.04 Å². The average Bonchev–Trinajstić information content (AvgIpc) is 2.51. The van der Waals surface area contributed by atoms with Gasteiger partial charge in [-0.1, -0.05) is 13.8 Å². The fourth-order valence-corrected chi connectivity index (χ4v) is 2.02. The van der Waals surface area contributed by atoms with E-state index in [1.165, 1.54) is 11.3 Å². The molecular weight excluding hydrogens is 277 g/mol. The number of nitrogens with one attached hydrogen (secondary N) is 2. The standard InChI is InChI=1S/C7H10IN3.C2H6/c1-4-2-6-5(3-9-4)7(8)11-10-6;1-2/h4,9H,2-3H2,1H3,(H,10,11);1-2H3. The number of H-pyrrole nitrogens is 1. The highest BCUT2D eigenvalue weighted by molar-refractivity contribution is 14.1. The minimum Gasteiger partial charge on any atom is -0.310 e. The van der Waals surface area contributed by atoms with E-state index in [1.807, 2.05) is 13.8 Å². The molecule has 1 atom stereocenters. The second-order valence-electron chi connectivity index (χ2n) is 2.96. The molecule has 0 radical (unpaired) electrons. The lowest BCUT2D eigenvalue weighted by Crippen LogP contribution is -2.32. The van der Waals surface area contributed by atoms with Gasteiger partial charge in [0.2, 0.25) is 0 Å². The number of hydrogen-bond donors (Lipinski definition) is 2. The summed E-state index contributed by atoms with van der Waals surface area (Å²) in [7, 11) is 0. The first kappa shape index (κ1) is 11.0. The molecule has 1 unspecified atom stereocenters. The van der Waals surface area contributed by atoms with Crippen LogP contribution in [0, 0.1) is 3.70 Å². The Morgan fingerprint density at radius 3 is 2.85 bits per heavy atom. The molecule has 0 spiro atoms. The minimum absolute atomic E-state index is 0.582. The van der Waals surface area contributed by atoms with Crippen LogP contribution < -0.4 is 5.32 Å². The van der Waals surface area contributed by atoms with E-state index in [2.05, 4.69) is 45.0 Å². The molecular formula is C9H16IN3. The van der Waals surface area contributed by atoms with Crippen molar-refractivity contribution in [2.24, 2.45) is 0 Å². The van der Waals surface area contributed by atoms with Crippen LogP contribution in [0.25, 0.3) is 0 Å². The molecule has 0 bridgehead atoms. The minimum atomic E-state index is 0.582. The van der Waals surface area contributed by atoms with Gasteiger partial charge in [-0.15, -0.1) is 0 Å². The van der Waals surface area contributed by atoms with Gasteiger partial charge in [0.25, 0.3) is 0 Å². The van der Waals surface area contributed by atoms with E-state index >= 15 is 0 Å². The molecule has 2 rings (SSSR count). The predicted octanol–water partition coefficient (Wildman–Crippen LogP) is 2.07. The Morgan fingerprint density at radius 2 is 2.15 bits per heavy atom. The van der Waals surface area contributed by atoms with Crippen LogP contribution >= 0.6 is 22.6 Å². The van der Waals surface area contributed by atoms with Gasteiger partial charge in [-0.05, 0) is 29.5 Å². The molecule has 0 aliphatic carbocycles. The van der Waals surface area contributed by atoms with Crippen molar-refractivity contribution in [1.29, 1.82) is 0 Å². The summed E-state index contributed by atoms with van der Waals surface area (Å²) < 4.78 is 1.11. The third kappa shape index (κ3) is 2.43. The Labute approximate surface area is 92.8 Å². The van der Waals surface area contributed by atoms with Crippen molar-refractivity contribution < 1.29 is 0 Å². The highest BCUT2D eigenvalue weighted by atomic mass is 127. The van der Waals surface area contributed by atoms with E-state index < -0.39 is 0 Å². The molecule has 0 fully saturated rings. The van der Waals surface area contributed by atoms with Crippen molar-refractivity contribution in [2.45, 2.75) is 39.8 Å². The molecule has 74 valence electrons. The van der Waals surface area contributed by atoms with Gasteiger partial charge in [-0.3, -0.25) is 5.10 Å². The molecule has 0 saturated heterocycles. The lowest BCUT2D eigenvalue weighted by molar-refractivity contribution is 0.508. The lowest BCUT2D eigenvalue weighted by atomic mass is 10.1. The van der Waals surface area contributed by atoms with Crippen LogP contribution in [-0.2, 0) is 13.0 Å². The van der Waals surface area contributed by atoms with E-state index in [1.54, 1.807) is 0 Å². The SMILES string of the molecule is CC.CC1Cc2[nH]nc(I)c2CN1. The summed E-state index contributed by atoms with van der Waals surface area (Å²) in [6.07, 6.45) is 1.07. The van der Waals surface area contributed by atoms with Crippen molar-refractivity contribution in [1.82, 2.24) is 15.5 Å². The van der Waals surface area contributed by atoms with Crippen LogP contribution in [0.4, 0.5) is 0 Å². The zero-order chi connectivity index (χ0) is 9.84. The van der Waals surface area contributed by atoms with Crippen LogP contribution in [0.15, 0.2) is 0 Å². The molecule has 0 saturated carbocycles. The molecule has 1 aliphatic heterocycles. The molecule has 4 heteroatoms. The van der Waals surface area contributed by atoms with E-state index in [4.69, 9.17) is 0 Å². The number of aromatic nitrogens is 2. The van der Waals surface area contributed by atoms with Crippen LogP contribution in [-0.4, -0.2) is 16.2 Å². The number of fused-ring (bicyclic) bond motifs is 1. The first-order chi connectivity index (χ1) is 6.27. The summed E-state index contributed by atoms with van der Waals surface area (Å²) in [6.45, 7) is 7.15. The van der Waals surface area contributed by atoms with Gasteiger partial charge in [-0.2, -0.15) is 5.10 Å². The Hall–Kier alpha value is -0.100. The molecule has 1 aliphatic rings. The molecule has 13 heavy (non-hydrogen) atoms. The van der Waals surface area contributed by atoms with Gasteiger partial charge in [0.1, 0.15) is 3.70 Å². The zero-order valence-electron chi connectivity index (χ0n) is 8.32. The van der Waals surface area contributed by atoms with Crippen molar-refractivity contribution >= 4 is 22.6 Å². The topological polar surface area (TPSA) is 40.7 Å². The number of hydrogen-bond acceptors (Lipinski definition) is 2. The molecule has 1 aromatic heterocycles. The van der Waals surface area contributed by atoms with Gasteiger partial charge in [0.05, 0.1) is 0 Å². The number of aromatic amines is 1. The predicted molar refractivity (Wildman–Crippen MR) is 62.7 cm³/mol. The maximum Gasteiger partial charge on any atom is 0.127 e. The molecule has 2 N–H and O–H groups in total. The first-order valence-corrected chi connectivity index (χ1v) is 5.80. The normalized spacial score (nSPS) is 20.2. The highest BCUT2D eigenvalue weighted by Crippen LogP contribution is 2.18. The fraction of sp³-hybridized carbons (Fsp3) is 0.667.